The predicted octanol–water partition coefficient (Wildman–Crippen LogP) is 3.76. The van der Waals surface area contributed by atoms with Crippen molar-refractivity contribution in [3.63, 3.8) is 0 Å². The van der Waals surface area contributed by atoms with E-state index >= 15 is 0 Å². The van der Waals surface area contributed by atoms with Gasteiger partial charge in [0.05, 0.1) is 6.04 Å². The summed E-state index contributed by atoms with van der Waals surface area (Å²) in [6.45, 7) is 3.72. The Hall–Kier alpha value is -1.60. The molecule has 0 spiro atoms. The Morgan fingerprint density at radius 3 is 2.78 bits per heavy atom. The maximum absolute atomic E-state index is 13.8. The van der Waals surface area contributed by atoms with Gasteiger partial charge in [-0.3, -0.25) is 0 Å². The molecule has 0 aliphatic heterocycles. The topological polar surface area (TPSA) is 39.4 Å². The lowest BCUT2D eigenvalue weighted by Crippen LogP contribution is -2.29. The lowest BCUT2D eigenvalue weighted by atomic mass is 10.1. The maximum Gasteiger partial charge on any atom is 0.207 e. The van der Waals surface area contributed by atoms with Gasteiger partial charge in [0.25, 0.3) is 0 Å². The Morgan fingerprint density at radius 2 is 2.28 bits per heavy atom. The highest BCUT2D eigenvalue weighted by Gasteiger charge is 2.20. The van der Waals surface area contributed by atoms with Crippen LogP contribution in [0, 0.1) is 17.3 Å². The smallest absolute Gasteiger partial charge is 0.207 e. The summed E-state index contributed by atoms with van der Waals surface area (Å²) >= 11 is 6.02. The van der Waals surface area contributed by atoms with E-state index in [2.05, 4.69) is 4.99 Å². The second-order valence-electron chi connectivity index (χ2n) is 3.90. The maximum atomic E-state index is 13.8. The molecule has 0 radical (unpaired) electrons. The van der Waals surface area contributed by atoms with Crippen LogP contribution in [0.1, 0.15) is 31.9 Å². The van der Waals surface area contributed by atoms with E-state index in [4.69, 9.17) is 16.9 Å². The number of nitrogens with zero attached hydrogens (tertiary/aromatic N) is 3. The van der Waals surface area contributed by atoms with Gasteiger partial charge in [0.1, 0.15) is 11.7 Å². The summed E-state index contributed by atoms with van der Waals surface area (Å²) in [5, 5.41) is 8.99. The Kier molecular flexibility index (Phi) is 5.11. The number of benzene rings is 1. The molecule has 1 atom stereocenters. The molecule has 18 heavy (non-hydrogen) atoms. The van der Waals surface area contributed by atoms with Gasteiger partial charge in [-0.05, 0) is 19.1 Å². The fraction of sp³-hybridized carbons (Fsp3) is 0.385. The first-order valence-corrected chi connectivity index (χ1v) is 6.03. The number of nitriles is 1. The number of hydrogen-bond donors (Lipinski definition) is 0. The highest BCUT2D eigenvalue weighted by molar-refractivity contribution is 6.31. The summed E-state index contributed by atoms with van der Waals surface area (Å²) in [6.07, 6.45) is 2.35. The van der Waals surface area contributed by atoms with Gasteiger partial charge >= 0.3 is 0 Å². The predicted molar refractivity (Wildman–Crippen MR) is 70.9 cm³/mol. The quantitative estimate of drug-likeness (QED) is 0.475. The summed E-state index contributed by atoms with van der Waals surface area (Å²) in [7, 11) is 1.77. The molecule has 0 N–H and O–H groups in total. The molecule has 0 heterocycles. The second kappa shape index (κ2) is 6.36. The monoisotopic (exact) mass is 267 g/mol. The van der Waals surface area contributed by atoms with Gasteiger partial charge in [-0.25, -0.2) is 4.39 Å². The highest BCUT2D eigenvalue weighted by atomic mass is 35.5. The third kappa shape index (κ3) is 2.99. The molecule has 0 fully saturated rings. The van der Waals surface area contributed by atoms with Gasteiger partial charge in [-0.1, -0.05) is 24.6 Å². The Bertz CT molecular complexity index is 473. The van der Waals surface area contributed by atoms with E-state index in [1.54, 1.807) is 30.3 Å². The van der Waals surface area contributed by atoms with E-state index in [1.165, 1.54) is 6.07 Å². The van der Waals surface area contributed by atoms with Crippen LogP contribution in [0.2, 0.25) is 5.02 Å². The third-order valence-electron chi connectivity index (χ3n) is 2.90. The fourth-order valence-corrected chi connectivity index (χ4v) is 2.11. The van der Waals surface area contributed by atoms with Crippen molar-refractivity contribution in [3.05, 3.63) is 34.6 Å². The fourth-order valence-electron chi connectivity index (χ4n) is 1.79. The number of aliphatic imine (C=N–C) groups is 1. The van der Waals surface area contributed by atoms with E-state index in [1.807, 2.05) is 13.8 Å². The normalized spacial score (nSPS) is 13.0. The van der Waals surface area contributed by atoms with E-state index in [-0.39, 0.29) is 11.9 Å². The molecule has 1 aromatic rings. The first-order valence-electron chi connectivity index (χ1n) is 5.65. The molecule has 0 saturated carbocycles. The number of halogens is 2. The minimum Gasteiger partial charge on any atom is -0.355 e. The van der Waals surface area contributed by atoms with Crippen LogP contribution in [-0.2, 0) is 0 Å². The van der Waals surface area contributed by atoms with Crippen molar-refractivity contribution in [2.75, 3.05) is 7.05 Å². The Balaban J connectivity index is 3.11. The van der Waals surface area contributed by atoms with Crippen molar-refractivity contribution >= 4 is 17.4 Å². The van der Waals surface area contributed by atoms with E-state index in [9.17, 15) is 4.39 Å². The lowest BCUT2D eigenvalue weighted by molar-refractivity contribution is 0.383. The van der Waals surface area contributed by atoms with Crippen LogP contribution in [0.15, 0.2) is 23.2 Å². The summed E-state index contributed by atoms with van der Waals surface area (Å²) in [4.78, 5) is 5.49. The van der Waals surface area contributed by atoms with Crippen molar-refractivity contribution in [1.29, 1.82) is 5.26 Å². The van der Waals surface area contributed by atoms with Crippen LogP contribution in [0.3, 0.4) is 0 Å². The first-order chi connectivity index (χ1) is 8.52. The van der Waals surface area contributed by atoms with Crippen LogP contribution >= 0.6 is 11.6 Å². The number of hydrogen-bond acceptors (Lipinski definition) is 2. The summed E-state index contributed by atoms with van der Waals surface area (Å²) in [5.74, 6) is 0.249. The van der Waals surface area contributed by atoms with Gasteiger partial charge in [0, 0.05) is 24.1 Å². The molecule has 0 bridgehead atoms. The molecule has 3 nitrogen and oxygen atoms in total. The van der Waals surface area contributed by atoms with Crippen molar-refractivity contribution < 1.29 is 4.39 Å². The molecule has 1 aromatic carbocycles. The Labute approximate surface area is 112 Å². The SMILES string of the molecule is CCC(=NC#N)N(C)C(C)c1c(F)cccc1Cl. The van der Waals surface area contributed by atoms with Gasteiger partial charge < -0.3 is 4.90 Å². The molecule has 0 amide bonds. The van der Waals surface area contributed by atoms with Crippen LogP contribution in [0.4, 0.5) is 4.39 Å². The molecular formula is C13H15ClFN3. The summed E-state index contributed by atoms with van der Waals surface area (Å²) < 4.78 is 13.8. The molecule has 0 aliphatic carbocycles. The summed E-state index contributed by atoms with van der Waals surface area (Å²) in [6, 6.07) is 4.30. The molecule has 1 rings (SSSR count). The molecule has 0 aliphatic rings. The largest absolute Gasteiger partial charge is 0.355 e. The standard InChI is InChI=1S/C13H15ClFN3/c1-4-12(17-8-16)18(3)9(2)13-10(14)6-5-7-11(13)15/h5-7,9H,4H2,1-3H3. The second-order valence-corrected chi connectivity index (χ2v) is 4.31. The van der Waals surface area contributed by atoms with Crippen molar-refractivity contribution in [1.82, 2.24) is 4.90 Å². The van der Waals surface area contributed by atoms with E-state index in [0.717, 1.165) is 0 Å². The van der Waals surface area contributed by atoms with Gasteiger partial charge in [0.15, 0.2) is 0 Å². The minimum absolute atomic E-state index is 0.286. The lowest BCUT2D eigenvalue weighted by Gasteiger charge is -2.28. The van der Waals surface area contributed by atoms with Crippen molar-refractivity contribution in [3.8, 4) is 6.19 Å². The van der Waals surface area contributed by atoms with Gasteiger partial charge in [-0.2, -0.15) is 10.3 Å². The molecule has 96 valence electrons. The zero-order chi connectivity index (χ0) is 13.7. The highest BCUT2D eigenvalue weighted by Crippen LogP contribution is 2.29. The molecular weight excluding hydrogens is 253 g/mol. The minimum atomic E-state index is -0.353. The molecule has 0 saturated heterocycles. The Morgan fingerprint density at radius 1 is 1.61 bits per heavy atom. The first kappa shape index (κ1) is 14.5. The van der Waals surface area contributed by atoms with Crippen LogP contribution < -0.4 is 0 Å². The van der Waals surface area contributed by atoms with E-state index < -0.39 is 0 Å². The average Bonchev–Trinajstić information content (AvgIpc) is 2.34. The van der Waals surface area contributed by atoms with Gasteiger partial charge in [0.2, 0.25) is 6.19 Å². The van der Waals surface area contributed by atoms with Crippen molar-refractivity contribution in [2.45, 2.75) is 26.3 Å². The molecule has 0 aromatic heterocycles. The zero-order valence-electron chi connectivity index (χ0n) is 10.6. The van der Waals surface area contributed by atoms with Crippen LogP contribution in [0.5, 0.6) is 0 Å². The van der Waals surface area contributed by atoms with Crippen LogP contribution in [-0.4, -0.2) is 17.8 Å². The van der Waals surface area contributed by atoms with E-state index in [0.29, 0.717) is 22.8 Å². The number of amidine groups is 1. The van der Waals surface area contributed by atoms with Gasteiger partial charge in [-0.15, -0.1) is 0 Å². The molecule has 5 heteroatoms. The van der Waals surface area contributed by atoms with Crippen LogP contribution in [0.25, 0.3) is 0 Å². The zero-order valence-corrected chi connectivity index (χ0v) is 11.4. The van der Waals surface area contributed by atoms with Crippen molar-refractivity contribution in [2.24, 2.45) is 4.99 Å². The summed E-state index contributed by atoms with van der Waals surface area (Å²) in [5.41, 5.74) is 0.417. The molecule has 1 unspecified atom stereocenters. The number of rotatable bonds is 3. The average molecular weight is 268 g/mol. The third-order valence-corrected chi connectivity index (χ3v) is 3.23.